The van der Waals surface area contributed by atoms with Gasteiger partial charge < -0.3 is 4.74 Å². The molecule has 0 atom stereocenters. The van der Waals surface area contributed by atoms with Crippen molar-refractivity contribution in [3.05, 3.63) is 22.4 Å². The van der Waals surface area contributed by atoms with Crippen LogP contribution in [0.2, 0.25) is 0 Å². The second kappa shape index (κ2) is 4.54. The van der Waals surface area contributed by atoms with Crippen molar-refractivity contribution in [3.63, 3.8) is 0 Å². The van der Waals surface area contributed by atoms with Gasteiger partial charge in [-0.05, 0) is 11.4 Å². The molecule has 0 bridgehead atoms. The van der Waals surface area contributed by atoms with Gasteiger partial charge in [-0.3, -0.25) is 4.55 Å². The van der Waals surface area contributed by atoms with Gasteiger partial charge in [-0.1, -0.05) is 0 Å². The molecule has 0 aromatic carbocycles. The molecular formula is C7H8O5S2. The highest BCUT2D eigenvalue weighted by Crippen LogP contribution is 2.07. The minimum absolute atomic E-state index is 0.340. The maximum Gasteiger partial charge on any atom is 0.339 e. The molecule has 0 radical (unpaired) electrons. The van der Waals surface area contributed by atoms with Crippen molar-refractivity contribution in [2.45, 2.75) is 0 Å². The highest BCUT2D eigenvalue weighted by Gasteiger charge is 2.09. The molecule has 1 aromatic rings. The Hall–Kier alpha value is -0.920. The third-order valence-corrected chi connectivity index (χ3v) is 2.70. The normalized spacial score (nSPS) is 11.2. The fourth-order valence-electron chi connectivity index (χ4n) is 0.704. The quantitative estimate of drug-likeness (QED) is 0.617. The average molecular weight is 236 g/mol. The molecule has 78 valence electrons. The second-order valence-corrected chi connectivity index (χ2v) is 4.79. The Morgan fingerprint density at radius 1 is 1.57 bits per heavy atom. The van der Waals surface area contributed by atoms with E-state index in [4.69, 9.17) is 4.55 Å². The maximum atomic E-state index is 11.1. The van der Waals surface area contributed by atoms with Gasteiger partial charge in [0.2, 0.25) is 0 Å². The van der Waals surface area contributed by atoms with Crippen LogP contribution in [-0.2, 0) is 14.9 Å². The molecular weight excluding hydrogens is 228 g/mol. The summed E-state index contributed by atoms with van der Waals surface area (Å²) >= 11 is 1.34. The number of carbonyl (C=O) groups is 1. The van der Waals surface area contributed by atoms with Crippen LogP contribution >= 0.6 is 11.3 Å². The number of esters is 1. The maximum absolute atomic E-state index is 11.1. The second-order valence-electron chi connectivity index (χ2n) is 2.43. The topological polar surface area (TPSA) is 80.7 Å². The van der Waals surface area contributed by atoms with Gasteiger partial charge in [0.05, 0.1) is 5.56 Å². The van der Waals surface area contributed by atoms with Gasteiger partial charge in [-0.15, -0.1) is 0 Å². The number of hydrogen-bond donors (Lipinski definition) is 1. The van der Waals surface area contributed by atoms with Gasteiger partial charge in [0, 0.05) is 5.38 Å². The van der Waals surface area contributed by atoms with Crippen molar-refractivity contribution in [1.29, 1.82) is 0 Å². The number of rotatable bonds is 4. The molecule has 5 nitrogen and oxygen atoms in total. The first-order valence-corrected chi connectivity index (χ1v) is 6.19. The molecule has 0 aliphatic rings. The Kier molecular flexibility index (Phi) is 3.62. The molecule has 1 heterocycles. The summed E-state index contributed by atoms with van der Waals surface area (Å²) in [5.74, 6) is -1.17. The molecule has 1 rings (SSSR count). The zero-order valence-corrected chi connectivity index (χ0v) is 8.68. The molecule has 0 aliphatic carbocycles. The molecule has 14 heavy (non-hydrogen) atoms. The van der Waals surface area contributed by atoms with Crippen LogP contribution in [0.5, 0.6) is 0 Å². The van der Waals surface area contributed by atoms with E-state index < -0.39 is 21.8 Å². The largest absolute Gasteiger partial charge is 0.461 e. The van der Waals surface area contributed by atoms with E-state index in [-0.39, 0.29) is 6.61 Å². The third-order valence-electron chi connectivity index (χ3n) is 1.33. The van der Waals surface area contributed by atoms with Gasteiger partial charge >= 0.3 is 5.97 Å². The molecule has 1 aromatic heterocycles. The molecule has 1 N–H and O–H groups in total. The van der Waals surface area contributed by atoms with Crippen LogP contribution in [0, 0.1) is 0 Å². The molecule has 0 saturated heterocycles. The van der Waals surface area contributed by atoms with E-state index in [1.165, 1.54) is 11.3 Å². The summed E-state index contributed by atoms with van der Waals surface area (Å²) in [5, 5.41) is 3.30. The van der Waals surface area contributed by atoms with E-state index >= 15 is 0 Å². The monoisotopic (exact) mass is 236 g/mol. The Bertz CT molecular complexity index is 392. The number of ether oxygens (including phenoxy) is 1. The molecule has 7 heteroatoms. The number of carbonyl (C=O) groups excluding carboxylic acids is 1. The zero-order valence-electron chi connectivity index (χ0n) is 7.04. The molecule has 0 unspecified atom stereocenters. The van der Waals surface area contributed by atoms with E-state index in [0.717, 1.165) is 0 Å². The lowest BCUT2D eigenvalue weighted by molar-refractivity contribution is 0.0529. The van der Waals surface area contributed by atoms with Gasteiger partial charge in [-0.25, -0.2) is 4.79 Å². The Balaban J connectivity index is 2.37. The summed E-state index contributed by atoms with van der Waals surface area (Å²) in [5.41, 5.74) is 0.380. The molecule has 0 aliphatic heterocycles. The fourth-order valence-corrected chi connectivity index (χ4v) is 1.62. The summed E-state index contributed by atoms with van der Waals surface area (Å²) in [6.45, 7) is -0.340. The highest BCUT2D eigenvalue weighted by molar-refractivity contribution is 7.85. The number of hydrogen-bond acceptors (Lipinski definition) is 5. The van der Waals surface area contributed by atoms with Crippen LogP contribution in [-0.4, -0.2) is 31.3 Å². The van der Waals surface area contributed by atoms with E-state index in [2.05, 4.69) is 4.74 Å². The van der Waals surface area contributed by atoms with Gasteiger partial charge in [0.15, 0.2) is 0 Å². The van der Waals surface area contributed by atoms with Crippen molar-refractivity contribution in [2.24, 2.45) is 0 Å². The van der Waals surface area contributed by atoms with Gasteiger partial charge in [0.25, 0.3) is 10.1 Å². The Morgan fingerprint density at radius 3 is 2.79 bits per heavy atom. The van der Waals surface area contributed by atoms with E-state index in [1.807, 2.05) is 0 Å². The van der Waals surface area contributed by atoms with E-state index in [1.54, 1.807) is 16.8 Å². The van der Waals surface area contributed by atoms with Crippen molar-refractivity contribution in [3.8, 4) is 0 Å². The summed E-state index contributed by atoms with van der Waals surface area (Å²) < 4.78 is 33.5. The summed E-state index contributed by atoms with van der Waals surface area (Å²) in [6.07, 6.45) is 0. The lowest BCUT2D eigenvalue weighted by Gasteiger charge is -2.00. The molecule has 0 fully saturated rings. The first-order valence-electron chi connectivity index (χ1n) is 3.63. The third kappa shape index (κ3) is 3.86. The average Bonchev–Trinajstić information content (AvgIpc) is 2.53. The van der Waals surface area contributed by atoms with Crippen molar-refractivity contribution >= 4 is 27.4 Å². The first kappa shape index (κ1) is 11.2. The zero-order chi connectivity index (χ0) is 10.6. The fraction of sp³-hybridized carbons (Fsp3) is 0.286. The van der Waals surface area contributed by atoms with Crippen LogP contribution in [0.1, 0.15) is 10.4 Å². The van der Waals surface area contributed by atoms with Gasteiger partial charge in [0.1, 0.15) is 12.4 Å². The molecule has 0 amide bonds. The van der Waals surface area contributed by atoms with Crippen LogP contribution in [0.15, 0.2) is 16.8 Å². The smallest absolute Gasteiger partial charge is 0.339 e. The van der Waals surface area contributed by atoms with E-state index in [9.17, 15) is 13.2 Å². The van der Waals surface area contributed by atoms with Crippen LogP contribution < -0.4 is 0 Å². The lowest BCUT2D eigenvalue weighted by atomic mass is 10.3. The minimum atomic E-state index is -4.06. The van der Waals surface area contributed by atoms with Gasteiger partial charge in [-0.2, -0.15) is 19.8 Å². The van der Waals surface area contributed by atoms with E-state index in [0.29, 0.717) is 5.56 Å². The molecule has 0 spiro atoms. The van der Waals surface area contributed by atoms with Crippen LogP contribution in [0.3, 0.4) is 0 Å². The Morgan fingerprint density at radius 2 is 2.29 bits per heavy atom. The van der Waals surface area contributed by atoms with Crippen molar-refractivity contribution < 1.29 is 22.5 Å². The van der Waals surface area contributed by atoms with Crippen LogP contribution in [0.4, 0.5) is 0 Å². The lowest BCUT2D eigenvalue weighted by Crippen LogP contribution is -2.14. The SMILES string of the molecule is O=C(OCCS(=O)(=O)O)c1ccsc1. The summed E-state index contributed by atoms with van der Waals surface area (Å²) in [7, 11) is -4.06. The predicted octanol–water partition coefficient (Wildman–Crippen LogP) is 0.793. The van der Waals surface area contributed by atoms with Crippen molar-refractivity contribution in [1.82, 2.24) is 0 Å². The number of thiophene rings is 1. The minimum Gasteiger partial charge on any atom is -0.461 e. The Labute approximate surface area is 85.1 Å². The first-order chi connectivity index (χ1) is 6.49. The summed E-state index contributed by atoms with van der Waals surface area (Å²) in [6, 6.07) is 1.57. The van der Waals surface area contributed by atoms with Crippen LogP contribution in [0.25, 0.3) is 0 Å². The molecule has 0 saturated carbocycles. The predicted molar refractivity (Wildman–Crippen MR) is 51.0 cm³/mol. The highest BCUT2D eigenvalue weighted by atomic mass is 32.2. The summed E-state index contributed by atoms with van der Waals surface area (Å²) in [4.78, 5) is 11.1. The van der Waals surface area contributed by atoms with Crippen molar-refractivity contribution in [2.75, 3.05) is 12.4 Å². The standard InChI is InChI=1S/C7H8O5S2/c8-7(6-1-3-13-5-6)12-2-4-14(9,10)11/h1,3,5H,2,4H2,(H,9,10,11).